The summed E-state index contributed by atoms with van der Waals surface area (Å²) in [6, 6.07) is 16.2. The minimum Gasteiger partial charge on any atom is -0.455 e. The minimum absolute atomic E-state index is 0.0969. The summed E-state index contributed by atoms with van der Waals surface area (Å²) < 4.78 is 5.13. The SMILES string of the molecule is C[C@H](NC(=O)c1ccccc1NC(=O)COC(=O)C1CCCC1)c1ccccc1. The zero-order valence-corrected chi connectivity index (χ0v) is 16.5. The first-order valence-electron chi connectivity index (χ1n) is 9.96. The molecule has 3 rings (SSSR count). The van der Waals surface area contributed by atoms with Crippen LogP contribution in [0.15, 0.2) is 54.6 Å². The molecule has 0 unspecified atom stereocenters. The highest BCUT2D eigenvalue weighted by atomic mass is 16.5. The first-order chi connectivity index (χ1) is 14.0. The Morgan fingerprint density at radius 2 is 1.66 bits per heavy atom. The van der Waals surface area contributed by atoms with Crippen LogP contribution < -0.4 is 10.6 Å². The van der Waals surface area contributed by atoms with Gasteiger partial charge < -0.3 is 15.4 Å². The van der Waals surface area contributed by atoms with Gasteiger partial charge in [-0.3, -0.25) is 14.4 Å². The summed E-state index contributed by atoms with van der Waals surface area (Å²) in [5.74, 6) is -1.17. The van der Waals surface area contributed by atoms with Crippen molar-refractivity contribution < 1.29 is 19.1 Å². The molecule has 0 saturated heterocycles. The molecule has 1 saturated carbocycles. The summed E-state index contributed by atoms with van der Waals surface area (Å²) in [4.78, 5) is 36.9. The Labute approximate surface area is 170 Å². The lowest BCUT2D eigenvalue weighted by Gasteiger charge is -2.16. The number of hydrogen-bond donors (Lipinski definition) is 2. The van der Waals surface area contributed by atoms with Crippen LogP contribution in [0.25, 0.3) is 0 Å². The third kappa shape index (κ3) is 5.67. The lowest BCUT2D eigenvalue weighted by atomic mass is 10.1. The largest absolute Gasteiger partial charge is 0.455 e. The Morgan fingerprint density at radius 1 is 1.00 bits per heavy atom. The van der Waals surface area contributed by atoms with E-state index < -0.39 is 5.91 Å². The predicted molar refractivity (Wildman–Crippen MR) is 110 cm³/mol. The van der Waals surface area contributed by atoms with E-state index in [4.69, 9.17) is 4.74 Å². The smallest absolute Gasteiger partial charge is 0.309 e. The van der Waals surface area contributed by atoms with Gasteiger partial charge >= 0.3 is 5.97 Å². The Kier molecular flexibility index (Phi) is 7.00. The number of anilines is 1. The fourth-order valence-corrected chi connectivity index (χ4v) is 3.49. The molecular formula is C23H26N2O4. The maximum atomic E-state index is 12.7. The van der Waals surface area contributed by atoms with E-state index in [2.05, 4.69) is 10.6 Å². The van der Waals surface area contributed by atoms with Gasteiger partial charge in [-0.25, -0.2) is 0 Å². The molecule has 0 aromatic heterocycles. The Balaban J connectivity index is 1.58. The number of ether oxygens (including phenoxy) is 1. The normalized spacial score (nSPS) is 14.8. The van der Waals surface area contributed by atoms with Crippen molar-refractivity contribution in [3.05, 3.63) is 65.7 Å². The highest BCUT2D eigenvalue weighted by Crippen LogP contribution is 2.25. The van der Waals surface area contributed by atoms with Gasteiger partial charge in [-0.15, -0.1) is 0 Å². The van der Waals surface area contributed by atoms with E-state index in [0.717, 1.165) is 31.2 Å². The Bertz CT molecular complexity index is 860. The molecule has 1 aliphatic carbocycles. The first kappa shape index (κ1) is 20.6. The third-order valence-corrected chi connectivity index (χ3v) is 5.13. The monoisotopic (exact) mass is 394 g/mol. The summed E-state index contributed by atoms with van der Waals surface area (Å²) in [5.41, 5.74) is 1.72. The van der Waals surface area contributed by atoms with E-state index in [1.807, 2.05) is 37.3 Å². The van der Waals surface area contributed by atoms with Gasteiger partial charge in [0.25, 0.3) is 11.8 Å². The van der Waals surface area contributed by atoms with E-state index in [1.54, 1.807) is 24.3 Å². The van der Waals surface area contributed by atoms with Crippen LogP contribution >= 0.6 is 0 Å². The zero-order chi connectivity index (χ0) is 20.6. The van der Waals surface area contributed by atoms with Gasteiger partial charge in [0.15, 0.2) is 6.61 Å². The molecule has 1 aliphatic rings. The van der Waals surface area contributed by atoms with Crippen LogP contribution in [0.2, 0.25) is 0 Å². The fourth-order valence-electron chi connectivity index (χ4n) is 3.49. The average Bonchev–Trinajstić information content (AvgIpc) is 3.28. The van der Waals surface area contributed by atoms with E-state index in [-0.39, 0.29) is 30.4 Å². The second kappa shape index (κ2) is 9.87. The van der Waals surface area contributed by atoms with Crippen molar-refractivity contribution in [3.8, 4) is 0 Å². The van der Waals surface area contributed by atoms with Crippen molar-refractivity contribution in [2.24, 2.45) is 5.92 Å². The molecule has 2 aromatic carbocycles. The molecule has 0 aliphatic heterocycles. The Hall–Kier alpha value is -3.15. The van der Waals surface area contributed by atoms with Gasteiger partial charge in [-0.05, 0) is 37.5 Å². The molecule has 0 radical (unpaired) electrons. The minimum atomic E-state index is -0.465. The van der Waals surface area contributed by atoms with E-state index in [1.165, 1.54) is 0 Å². The highest BCUT2D eigenvalue weighted by molar-refractivity contribution is 6.04. The van der Waals surface area contributed by atoms with Gasteiger partial charge in [0.1, 0.15) is 0 Å². The van der Waals surface area contributed by atoms with Crippen LogP contribution in [-0.4, -0.2) is 24.4 Å². The third-order valence-electron chi connectivity index (χ3n) is 5.13. The van der Waals surface area contributed by atoms with Gasteiger partial charge in [-0.1, -0.05) is 55.3 Å². The molecule has 2 N–H and O–H groups in total. The number of hydrogen-bond acceptors (Lipinski definition) is 4. The molecule has 1 atom stereocenters. The van der Waals surface area contributed by atoms with Crippen molar-refractivity contribution in [2.75, 3.05) is 11.9 Å². The molecule has 0 heterocycles. The van der Waals surface area contributed by atoms with Crippen LogP contribution in [0.3, 0.4) is 0 Å². The molecular weight excluding hydrogens is 368 g/mol. The van der Waals surface area contributed by atoms with Gasteiger partial charge in [0, 0.05) is 0 Å². The number of para-hydroxylation sites is 1. The quantitative estimate of drug-likeness (QED) is 0.699. The lowest BCUT2D eigenvalue weighted by molar-refractivity contribution is -0.151. The van der Waals surface area contributed by atoms with Crippen molar-refractivity contribution in [1.82, 2.24) is 5.32 Å². The maximum Gasteiger partial charge on any atom is 0.309 e. The maximum absolute atomic E-state index is 12.7. The van der Waals surface area contributed by atoms with Gasteiger partial charge in [-0.2, -0.15) is 0 Å². The molecule has 1 fully saturated rings. The van der Waals surface area contributed by atoms with Gasteiger partial charge in [0.05, 0.1) is 23.2 Å². The first-order valence-corrected chi connectivity index (χ1v) is 9.96. The van der Waals surface area contributed by atoms with Gasteiger partial charge in [0.2, 0.25) is 0 Å². The molecule has 152 valence electrons. The highest BCUT2D eigenvalue weighted by Gasteiger charge is 2.24. The van der Waals surface area contributed by atoms with Crippen LogP contribution in [0, 0.1) is 5.92 Å². The molecule has 6 heteroatoms. The fraction of sp³-hybridized carbons (Fsp3) is 0.348. The Morgan fingerprint density at radius 3 is 2.38 bits per heavy atom. The number of benzene rings is 2. The van der Waals surface area contributed by atoms with E-state index in [9.17, 15) is 14.4 Å². The number of esters is 1. The molecule has 29 heavy (non-hydrogen) atoms. The number of carbonyl (C=O) groups is 3. The second-order valence-corrected chi connectivity index (χ2v) is 7.29. The predicted octanol–water partition coefficient (Wildman–Crippen LogP) is 3.85. The summed E-state index contributed by atoms with van der Waals surface area (Å²) in [6.07, 6.45) is 3.69. The number of rotatable bonds is 7. The summed E-state index contributed by atoms with van der Waals surface area (Å²) in [5, 5.41) is 5.61. The van der Waals surface area contributed by atoms with Crippen LogP contribution in [0.1, 0.15) is 54.6 Å². The van der Waals surface area contributed by atoms with Crippen molar-refractivity contribution in [3.63, 3.8) is 0 Å². The number of amides is 2. The van der Waals surface area contributed by atoms with E-state index >= 15 is 0 Å². The number of carbonyl (C=O) groups excluding carboxylic acids is 3. The topological polar surface area (TPSA) is 84.5 Å². The molecule has 0 spiro atoms. The zero-order valence-electron chi connectivity index (χ0n) is 16.5. The molecule has 0 bridgehead atoms. The van der Waals surface area contributed by atoms with E-state index in [0.29, 0.717) is 11.3 Å². The second-order valence-electron chi connectivity index (χ2n) is 7.29. The number of nitrogens with one attached hydrogen (secondary N) is 2. The van der Waals surface area contributed by atoms with Crippen molar-refractivity contribution in [1.29, 1.82) is 0 Å². The average molecular weight is 394 g/mol. The van der Waals surface area contributed by atoms with Crippen molar-refractivity contribution >= 4 is 23.5 Å². The van der Waals surface area contributed by atoms with Crippen LogP contribution in [0.4, 0.5) is 5.69 Å². The van der Waals surface area contributed by atoms with Crippen LogP contribution in [-0.2, 0) is 14.3 Å². The molecule has 2 aromatic rings. The lowest BCUT2D eigenvalue weighted by Crippen LogP contribution is -2.29. The van der Waals surface area contributed by atoms with Crippen molar-refractivity contribution in [2.45, 2.75) is 38.6 Å². The summed E-state index contributed by atoms with van der Waals surface area (Å²) in [7, 11) is 0. The summed E-state index contributed by atoms with van der Waals surface area (Å²) >= 11 is 0. The molecule has 6 nitrogen and oxygen atoms in total. The standard InChI is InChI=1S/C23H26N2O4/c1-16(17-9-3-2-4-10-17)24-22(27)19-13-7-8-14-20(19)25-21(26)15-29-23(28)18-11-5-6-12-18/h2-4,7-10,13-14,16,18H,5-6,11-12,15H2,1H3,(H,24,27)(H,25,26)/t16-/m0/s1. The summed E-state index contributed by atoms with van der Waals surface area (Å²) in [6.45, 7) is 1.54. The molecule has 2 amide bonds. The van der Waals surface area contributed by atoms with Crippen LogP contribution in [0.5, 0.6) is 0 Å².